The lowest BCUT2D eigenvalue weighted by molar-refractivity contribution is -0.116. The molecule has 0 radical (unpaired) electrons. The monoisotopic (exact) mass is 492 g/mol. The third kappa shape index (κ3) is 4.97. The van der Waals surface area contributed by atoms with Gasteiger partial charge in [0.1, 0.15) is 5.75 Å². The molecule has 2 amide bonds. The van der Waals surface area contributed by atoms with Crippen LogP contribution in [0.4, 0.5) is 5.95 Å². The first-order valence-electron chi connectivity index (χ1n) is 9.99. The molecule has 0 spiro atoms. The Balaban J connectivity index is 1.51. The minimum Gasteiger partial charge on any atom is -0.508 e. The maximum atomic E-state index is 12.8. The van der Waals surface area contributed by atoms with Gasteiger partial charge in [-0.3, -0.25) is 14.9 Å². The molecule has 0 saturated carbocycles. The summed E-state index contributed by atoms with van der Waals surface area (Å²) < 4.78 is 0.921. The van der Waals surface area contributed by atoms with Crippen LogP contribution in [0.1, 0.15) is 33.9 Å². The van der Waals surface area contributed by atoms with Crippen LogP contribution >= 0.6 is 15.9 Å². The van der Waals surface area contributed by atoms with Gasteiger partial charge in [-0.1, -0.05) is 46.3 Å². The molecule has 4 aromatic rings. The van der Waals surface area contributed by atoms with Gasteiger partial charge in [0, 0.05) is 10.0 Å². The highest BCUT2D eigenvalue weighted by molar-refractivity contribution is 9.10. The molecule has 1 aromatic heterocycles. The molecule has 32 heavy (non-hydrogen) atoms. The van der Waals surface area contributed by atoms with E-state index in [-0.39, 0.29) is 24.0 Å². The van der Waals surface area contributed by atoms with E-state index < -0.39 is 6.04 Å². The van der Waals surface area contributed by atoms with E-state index in [0.29, 0.717) is 11.5 Å². The van der Waals surface area contributed by atoms with E-state index in [1.54, 1.807) is 0 Å². The molecule has 0 aliphatic rings. The summed E-state index contributed by atoms with van der Waals surface area (Å²) in [6, 6.07) is 18.6. The molecule has 0 fully saturated rings. The number of phenolic OH excluding ortho intramolecular Hbond substituents is 1. The number of anilines is 1. The van der Waals surface area contributed by atoms with Crippen LogP contribution < -0.4 is 10.6 Å². The predicted octanol–water partition coefficient (Wildman–Crippen LogP) is 4.84. The average molecular weight is 493 g/mol. The summed E-state index contributed by atoms with van der Waals surface area (Å²) in [6.07, 6.45) is 0.0214. The minimum atomic E-state index is -0.544. The predicted molar refractivity (Wildman–Crippen MR) is 127 cm³/mol. The van der Waals surface area contributed by atoms with Crippen molar-refractivity contribution < 1.29 is 14.7 Å². The van der Waals surface area contributed by atoms with Gasteiger partial charge in [0.25, 0.3) is 5.91 Å². The number of aromatic nitrogens is 2. The fourth-order valence-corrected chi connectivity index (χ4v) is 4.04. The van der Waals surface area contributed by atoms with Crippen molar-refractivity contribution in [1.29, 1.82) is 0 Å². The molecular formula is C24H21BrN4O3. The zero-order valence-electron chi connectivity index (χ0n) is 17.2. The summed E-state index contributed by atoms with van der Waals surface area (Å²) in [7, 11) is 0. The Hall–Kier alpha value is -3.65. The molecule has 162 valence electrons. The van der Waals surface area contributed by atoms with Crippen LogP contribution in [-0.2, 0) is 4.79 Å². The Bertz CT molecular complexity index is 1270. The molecule has 0 aliphatic carbocycles. The van der Waals surface area contributed by atoms with Crippen molar-refractivity contribution in [2.45, 2.75) is 19.4 Å². The van der Waals surface area contributed by atoms with Crippen molar-refractivity contribution in [1.82, 2.24) is 15.3 Å². The molecule has 1 atom stereocenters. The Labute approximate surface area is 193 Å². The lowest BCUT2D eigenvalue weighted by Crippen LogP contribution is -2.31. The number of fused-ring (bicyclic) bond motifs is 1. The quantitative estimate of drug-likeness (QED) is 0.308. The van der Waals surface area contributed by atoms with Crippen molar-refractivity contribution >= 4 is 44.7 Å². The number of rotatable bonds is 6. The van der Waals surface area contributed by atoms with Crippen LogP contribution in [0.2, 0.25) is 0 Å². The number of carbonyl (C=O) groups excluding carboxylic acids is 2. The maximum Gasteiger partial charge on any atom is 0.251 e. The highest BCUT2D eigenvalue weighted by Gasteiger charge is 2.20. The molecule has 1 heterocycles. The maximum absolute atomic E-state index is 12.8. The Kier molecular flexibility index (Phi) is 6.23. The van der Waals surface area contributed by atoms with Gasteiger partial charge in [-0.25, -0.2) is 4.98 Å². The number of halogens is 1. The van der Waals surface area contributed by atoms with Crippen molar-refractivity contribution in [3.05, 3.63) is 87.9 Å². The first-order chi connectivity index (χ1) is 15.4. The number of carbonyl (C=O) groups is 2. The molecule has 7 nitrogen and oxygen atoms in total. The number of aromatic hydroxyl groups is 1. The summed E-state index contributed by atoms with van der Waals surface area (Å²) >= 11 is 3.46. The van der Waals surface area contributed by atoms with Crippen LogP contribution in [0, 0.1) is 6.92 Å². The first kappa shape index (κ1) is 21.6. The van der Waals surface area contributed by atoms with E-state index in [4.69, 9.17) is 0 Å². The number of phenols is 1. The number of aryl methyl sites for hydroxylation is 1. The lowest BCUT2D eigenvalue weighted by atomic mass is 10.0. The smallest absolute Gasteiger partial charge is 0.251 e. The van der Waals surface area contributed by atoms with Crippen LogP contribution in [-0.4, -0.2) is 26.9 Å². The second-order valence-corrected chi connectivity index (χ2v) is 8.36. The fraction of sp³-hybridized carbons (Fsp3) is 0.125. The van der Waals surface area contributed by atoms with Gasteiger partial charge in [-0.05, 0) is 54.4 Å². The molecule has 0 aliphatic heterocycles. The number of imidazole rings is 1. The Morgan fingerprint density at radius 3 is 2.53 bits per heavy atom. The fourth-order valence-electron chi connectivity index (χ4n) is 3.47. The van der Waals surface area contributed by atoms with Crippen LogP contribution in [0.25, 0.3) is 11.0 Å². The second kappa shape index (κ2) is 9.23. The first-order valence-corrected chi connectivity index (χ1v) is 10.8. The SMILES string of the molecule is Cc1cc(Br)cc2[nH]c(NC(=O)CC(NC(=O)c3ccc(O)cc3)c3ccccc3)nc12. The van der Waals surface area contributed by atoms with E-state index in [1.165, 1.54) is 24.3 Å². The molecular weight excluding hydrogens is 472 g/mol. The molecule has 8 heteroatoms. The van der Waals surface area contributed by atoms with Crippen LogP contribution in [0.5, 0.6) is 5.75 Å². The Morgan fingerprint density at radius 2 is 1.81 bits per heavy atom. The van der Waals surface area contributed by atoms with E-state index in [0.717, 1.165) is 26.6 Å². The van der Waals surface area contributed by atoms with Gasteiger partial charge in [-0.15, -0.1) is 0 Å². The summed E-state index contributed by atoms with van der Waals surface area (Å²) in [5, 5.41) is 15.2. The summed E-state index contributed by atoms with van der Waals surface area (Å²) in [6.45, 7) is 1.95. The molecule has 4 N–H and O–H groups in total. The molecule has 3 aromatic carbocycles. The summed E-state index contributed by atoms with van der Waals surface area (Å²) in [4.78, 5) is 33.1. The largest absolute Gasteiger partial charge is 0.508 e. The van der Waals surface area contributed by atoms with Crippen LogP contribution in [0.15, 0.2) is 71.2 Å². The molecule has 4 rings (SSSR count). The second-order valence-electron chi connectivity index (χ2n) is 7.44. The number of benzene rings is 3. The number of hydrogen-bond donors (Lipinski definition) is 4. The molecule has 0 bridgehead atoms. The average Bonchev–Trinajstić information content (AvgIpc) is 3.16. The topological polar surface area (TPSA) is 107 Å². The minimum absolute atomic E-state index is 0.0214. The molecule has 0 saturated heterocycles. The van der Waals surface area contributed by atoms with Gasteiger partial charge in [0.05, 0.1) is 23.5 Å². The van der Waals surface area contributed by atoms with Crippen molar-refractivity contribution in [2.24, 2.45) is 0 Å². The van der Waals surface area contributed by atoms with Crippen molar-refractivity contribution in [2.75, 3.05) is 5.32 Å². The van der Waals surface area contributed by atoms with Gasteiger partial charge in [-0.2, -0.15) is 0 Å². The third-order valence-corrected chi connectivity index (χ3v) is 5.48. The van der Waals surface area contributed by atoms with Crippen molar-refractivity contribution in [3.63, 3.8) is 0 Å². The standard InChI is InChI=1S/C24H21BrN4O3/c1-14-11-17(25)12-20-22(14)29-24(27-20)28-21(31)13-19(15-5-3-2-4-6-15)26-23(32)16-7-9-18(30)10-8-16/h2-12,19,30H,13H2,1H3,(H,26,32)(H2,27,28,29,31). The highest BCUT2D eigenvalue weighted by atomic mass is 79.9. The van der Waals surface area contributed by atoms with E-state index in [2.05, 4.69) is 36.5 Å². The summed E-state index contributed by atoms with van der Waals surface area (Å²) in [5.41, 5.74) is 3.77. The number of nitrogens with one attached hydrogen (secondary N) is 3. The number of amides is 2. The summed E-state index contributed by atoms with van der Waals surface area (Å²) in [5.74, 6) is -0.201. The van der Waals surface area contributed by atoms with E-state index in [1.807, 2.05) is 49.4 Å². The van der Waals surface area contributed by atoms with Gasteiger partial charge in [0.2, 0.25) is 11.9 Å². The highest BCUT2D eigenvalue weighted by Crippen LogP contribution is 2.24. The van der Waals surface area contributed by atoms with Gasteiger partial charge in [0.15, 0.2) is 0 Å². The van der Waals surface area contributed by atoms with Gasteiger partial charge >= 0.3 is 0 Å². The van der Waals surface area contributed by atoms with Gasteiger partial charge < -0.3 is 15.4 Å². The number of hydrogen-bond acceptors (Lipinski definition) is 4. The number of nitrogens with zero attached hydrogens (tertiary/aromatic N) is 1. The zero-order chi connectivity index (χ0) is 22.7. The zero-order valence-corrected chi connectivity index (χ0v) is 18.8. The molecule has 1 unspecified atom stereocenters. The van der Waals surface area contributed by atoms with E-state index >= 15 is 0 Å². The van der Waals surface area contributed by atoms with Crippen molar-refractivity contribution in [3.8, 4) is 5.75 Å². The number of H-pyrrole nitrogens is 1. The number of aromatic amines is 1. The lowest BCUT2D eigenvalue weighted by Gasteiger charge is -2.19. The third-order valence-electron chi connectivity index (χ3n) is 5.03. The van der Waals surface area contributed by atoms with Crippen LogP contribution in [0.3, 0.4) is 0 Å². The Morgan fingerprint density at radius 1 is 1.09 bits per heavy atom. The van der Waals surface area contributed by atoms with E-state index in [9.17, 15) is 14.7 Å². The normalized spacial score (nSPS) is 11.8.